The van der Waals surface area contributed by atoms with E-state index in [9.17, 15) is 12.3 Å². The third-order valence-electron chi connectivity index (χ3n) is 19.5. The Morgan fingerprint density at radius 3 is 1.05 bits per heavy atom. The molecule has 0 aromatic heterocycles. The molecule has 22 aromatic carbocycles. The highest BCUT2D eigenvalue weighted by molar-refractivity contribution is 6.27. The number of hydrogen-bond donors (Lipinski definition) is 0. The van der Waals surface area contributed by atoms with Crippen LogP contribution in [0.25, 0.3) is 208 Å². The highest BCUT2D eigenvalue weighted by Crippen LogP contribution is 2.51. The van der Waals surface area contributed by atoms with Gasteiger partial charge in [-0.3, -0.25) is 0 Å². The Kier molecular flexibility index (Phi) is 8.96. The molecule has 0 atom stereocenters. The van der Waals surface area contributed by atoms with Gasteiger partial charge in [0.2, 0.25) is 0 Å². The molecule has 0 nitrogen and oxygen atoms in total. The lowest BCUT2D eigenvalue weighted by Crippen LogP contribution is -1.93. The molecule has 522 valence electrons. The van der Waals surface area contributed by atoms with E-state index in [1.165, 1.54) is 76.8 Å². The van der Waals surface area contributed by atoms with Crippen LogP contribution in [0.2, 0.25) is 0 Å². The van der Waals surface area contributed by atoms with Crippen molar-refractivity contribution in [1.29, 1.82) is 0 Å². The summed E-state index contributed by atoms with van der Waals surface area (Å²) >= 11 is 0. The fourth-order valence-electron chi connectivity index (χ4n) is 14.8. The van der Waals surface area contributed by atoms with E-state index >= 15 is 0 Å². The topological polar surface area (TPSA) is 0 Å². The van der Waals surface area contributed by atoms with Gasteiger partial charge in [-0.05, 0) is 220 Å². The molecule has 0 fully saturated rings. The van der Waals surface area contributed by atoms with Gasteiger partial charge in [-0.1, -0.05) is 436 Å². The fraction of sp³-hybridized carbons (Fsp3) is 0. The summed E-state index contributed by atoms with van der Waals surface area (Å²) in [4.78, 5) is 0. The summed E-state index contributed by atoms with van der Waals surface area (Å²) in [5.41, 5.74) is 2.81. The van der Waals surface area contributed by atoms with Gasteiger partial charge in [-0.2, -0.15) is 0 Å². The van der Waals surface area contributed by atoms with Crippen LogP contribution >= 0.6 is 0 Å². The summed E-state index contributed by atoms with van der Waals surface area (Å²) < 4.78 is 405. The third-order valence-corrected chi connectivity index (χ3v) is 19.5. The van der Waals surface area contributed by atoms with Gasteiger partial charge < -0.3 is 0 Å². The summed E-state index contributed by atoms with van der Waals surface area (Å²) in [6.07, 6.45) is 0. The van der Waals surface area contributed by atoms with Crippen LogP contribution in [0.15, 0.2) is 448 Å². The third kappa shape index (κ3) is 12.0. The molecule has 22 rings (SSSR count). The first-order valence-corrected chi connectivity index (χ1v) is 35.0. The smallest absolute Gasteiger partial charge is 0.0622 e. The van der Waals surface area contributed by atoms with Crippen molar-refractivity contribution in [1.82, 2.24) is 0 Å². The summed E-state index contributed by atoms with van der Waals surface area (Å²) in [6.45, 7) is 0. The molecule has 0 N–H and O–H groups in total. The van der Waals surface area contributed by atoms with Crippen LogP contribution in [0.5, 0.6) is 0 Å². The van der Waals surface area contributed by atoms with Crippen LogP contribution in [0, 0.1) is 0 Å². The van der Waals surface area contributed by atoms with Gasteiger partial charge in [0.05, 0.1) is 63.1 Å². The largest absolute Gasteiger partial charge is 0.0636 e. The standard InChI is InChI=1S/C42H28.C40H26.C30H20/c1-3-15-30(16-4-1)41-37-23-11-12-24-38(37)42(31-17-5-2-6-18-31)40-28-32(26-27-39(40)41)34-21-9-10-22-35(34)36-25-13-19-29-14-7-8-20-33(29)36;1-2-14-29-26-30(25-24-27(29)12-1)32-17-5-6-18-33(32)39-35-19-7-9-21-37(35)40(38-22-10-8-20-36(38)39)34-23-11-15-28-13-3-4-16-31(28)34;1-2-12-22(13-3-1)29-25-16-6-8-18-27(25)30(28-19-9-7-17-26(28)29)24-20-10-14-21-11-4-5-15-23(21)24/h1-28H;1-26H;1-20H/i;1D,2D,3D,4D,5D,6D,7D,8D,9D,10D,11D,12D,13D,14D,15D,16D,17D,18D,19D,20D,21D,22D,23D,24D,25D,26D;1D,2D,3D,4D,5D,6D,7D,8D,9D,10D,11D,12D,13D,14D,15D,16D,17D,18D,19D,20D. The number of hydrogen-bond acceptors (Lipinski definition) is 0. The van der Waals surface area contributed by atoms with E-state index in [1.54, 1.807) is 0 Å². The van der Waals surface area contributed by atoms with E-state index in [0.717, 1.165) is 0 Å². The first kappa shape index (κ1) is 34.3. The van der Waals surface area contributed by atoms with Gasteiger partial charge in [0, 0.05) is 0 Å². The fourth-order valence-corrected chi connectivity index (χ4v) is 14.8. The minimum Gasteiger partial charge on any atom is -0.0622 e. The van der Waals surface area contributed by atoms with Gasteiger partial charge in [0.1, 0.15) is 0 Å². The minimum atomic E-state index is -1.07. The molecule has 0 bridgehead atoms. The van der Waals surface area contributed by atoms with Crippen LogP contribution in [0.1, 0.15) is 63.1 Å². The Hall–Kier alpha value is -14.6. The Morgan fingerprint density at radius 2 is 0.500 bits per heavy atom. The zero-order valence-electron chi connectivity index (χ0n) is 104. The highest BCUT2D eigenvalue weighted by atomic mass is 14.3. The van der Waals surface area contributed by atoms with Crippen molar-refractivity contribution in [2.75, 3.05) is 0 Å². The lowest BCUT2D eigenvalue weighted by molar-refractivity contribution is 1.61. The maximum Gasteiger partial charge on any atom is 0.0636 e. The van der Waals surface area contributed by atoms with Gasteiger partial charge in [-0.15, -0.1) is 0 Å². The zero-order chi connectivity index (χ0) is 114. The molecule has 112 heavy (non-hydrogen) atoms. The molecule has 0 saturated heterocycles. The molecule has 0 aliphatic carbocycles. The first-order valence-electron chi connectivity index (χ1n) is 58.0. The molecule has 0 radical (unpaired) electrons. The predicted octanol–water partition coefficient (Wildman–Crippen LogP) is 31.6. The van der Waals surface area contributed by atoms with Crippen molar-refractivity contribution in [3.63, 3.8) is 0 Å². The maximum atomic E-state index is 9.43. The van der Waals surface area contributed by atoms with Crippen LogP contribution in [-0.4, -0.2) is 0 Å². The number of benzene rings is 22. The van der Waals surface area contributed by atoms with Crippen molar-refractivity contribution in [2.45, 2.75) is 0 Å². The molecular formula is C112H74. The van der Waals surface area contributed by atoms with Crippen LogP contribution in [0.3, 0.4) is 0 Å². The van der Waals surface area contributed by atoms with E-state index in [2.05, 4.69) is 170 Å². The van der Waals surface area contributed by atoms with E-state index in [-0.39, 0.29) is 0 Å². The van der Waals surface area contributed by atoms with Crippen molar-refractivity contribution in [2.24, 2.45) is 0 Å². The van der Waals surface area contributed by atoms with Gasteiger partial charge in [0.15, 0.2) is 0 Å². The zero-order valence-corrected chi connectivity index (χ0v) is 58.2. The van der Waals surface area contributed by atoms with E-state index in [0.29, 0.717) is 0 Å². The van der Waals surface area contributed by atoms with E-state index in [1.807, 2.05) is 0 Å². The van der Waals surface area contributed by atoms with Gasteiger partial charge in [-0.25, -0.2) is 0 Å². The molecule has 0 heterocycles. The van der Waals surface area contributed by atoms with Crippen LogP contribution < -0.4 is 0 Å². The van der Waals surface area contributed by atoms with Crippen LogP contribution in [0.4, 0.5) is 0 Å². The Balaban J connectivity index is 0.000000145. The first-order chi connectivity index (χ1) is 74.8. The van der Waals surface area contributed by atoms with Crippen molar-refractivity contribution in [3.8, 4) is 100 Å². The summed E-state index contributed by atoms with van der Waals surface area (Å²) in [5, 5.41) is -1.38. The molecule has 0 aliphatic rings. The Bertz CT molecular complexity index is 10100. The summed E-state index contributed by atoms with van der Waals surface area (Å²) in [5.74, 6) is 0. The Labute approximate surface area is 717 Å². The number of rotatable bonds is 9. The average Bonchev–Trinajstić information content (AvgIpc) is 0.683. The molecule has 0 aliphatic heterocycles. The molecule has 0 heteroatoms. The predicted molar refractivity (Wildman–Crippen MR) is 483 cm³/mol. The lowest BCUT2D eigenvalue weighted by Gasteiger charge is -2.20. The van der Waals surface area contributed by atoms with Crippen molar-refractivity contribution < 1.29 is 63.1 Å². The monoisotopic (exact) mass is 1460 g/mol. The molecule has 0 saturated carbocycles. The maximum absolute atomic E-state index is 9.43. The summed E-state index contributed by atoms with van der Waals surface area (Å²) in [6, 6.07) is 20.0. The average molecular weight is 1470 g/mol. The molecule has 22 aromatic rings. The molecule has 0 unspecified atom stereocenters. The van der Waals surface area contributed by atoms with E-state index in [4.69, 9.17) is 50.7 Å². The van der Waals surface area contributed by atoms with E-state index < -0.39 is 409 Å². The SMILES string of the molecule is [2H]c1c([2H])c([2H])c(-c2c3c([2H])c([2H])c([2H])c([2H])c3c(-c3c([2H])c([2H])c([2H])c4c([2H])c([2H])c([2H])c([2H])c34)c3c([2H])c([2H])c([2H])c([2H])c23)c(-c2c([2H])c([2H])c3c([2H])c([2H])c([2H])c([2H])c3c2[2H])c1[2H].[2H]c1c([2H])c([2H])c(-c2c3c([2H])c([2H])c([2H])c([2H])c3c(-c3c([2H])c([2H])c([2H])c4c([2H])c([2H])c([2H])c([2H])c34)c3c([2H])c([2H])c([2H])c([2H])c23)c([2H])c1[2H].c1ccc(-c2c3ccccc3c(-c3ccccc3)c3cc(-c4ccccc4-c4cccc5ccccc45)ccc23)cc1. The second-order valence-electron chi connectivity index (χ2n) is 25.6. The van der Waals surface area contributed by atoms with Gasteiger partial charge in [0.25, 0.3) is 0 Å². The van der Waals surface area contributed by atoms with Crippen LogP contribution in [-0.2, 0) is 0 Å². The minimum absolute atomic E-state index is 0.537. The molecule has 0 amide bonds. The van der Waals surface area contributed by atoms with Crippen molar-refractivity contribution in [3.05, 3.63) is 448 Å². The van der Waals surface area contributed by atoms with Gasteiger partial charge >= 0.3 is 0 Å². The second-order valence-corrected chi connectivity index (χ2v) is 25.6. The van der Waals surface area contributed by atoms with Crippen molar-refractivity contribution >= 4 is 108 Å². The quantitative estimate of drug-likeness (QED) is 0.126. The lowest BCUT2D eigenvalue weighted by atomic mass is 9.83. The number of fused-ring (bicyclic) bond motifs is 10. The second kappa shape index (κ2) is 29.2. The highest BCUT2D eigenvalue weighted by Gasteiger charge is 2.23. The molecule has 0 spiro atoms. The Morgan fingerprint density at radius 1 is 0.134 bits per heavy atom. The molecular weight excluding hydrogens is 1350 g/mol. The normalized spacial score (nSPS) is 17.1. The summed E-state index contributed by atoms with van der Waals surface area (Å²) in [7, 11) is 0.